The van der Waals surface area contributed by atoms with Gasteiger partial charge in [0.15, 0.2) is 5.82 Å². The molecule has 0 bridgehead atoms. The fraction of sp³-hybridized carbons (Fsp3) is 0.412. The Bertz CT molecular complexity index is 761. The second kappa shape index (κ2) is 7.71. The molecule has 0 aliphatic carbocycles. The third-order valence-electron chi connectivity index (χ3n) is 4.07. The van der Waals surface area contributed by atoms with E-state index in [2.05, 4.69) is 4.98 Å². The Morgan fingerprint density at radius 1 is 1.31 bits per heavy atom. The van der Waals surface area contributed by atoms with Crippen LogP contribution in [0.3, 0.4) is 0 Å². The number of aliphatic hydroxyl groups is 1. The number of rotatable bonds is 6. The van der Waals surface area contributed by atoms with Crippen LogP contribution >= 0.6 is 11.8 Å². The van der Waals surface area contributed by atoms with Crippen molar-refractivity contribution in [2.24, 2.45) is 7.05 Å². The van der Waals surface area contributed by atoms with Gasteiger partial charge < -0.3 is 14.6 Å². The Balaban J connectivity index is 2.17. The second-order valence-corrected chi connectivity index (χ2v) is 6.87. The van der Waals surface area contributed by atoms with E-state index in [9.17, 15) is 23.1 Å². The normalized spacial score (nSPS) is 14.1. The molecule has 1 aromatic carbocycles. The molecule has 0 radical (unpaired) electrons. The van der Waals surface area contributed by atoms with Crippen molar-refractivity contribution in [1.82, 2.24) is 14.5 Å². The summed E-state index contributed by atoms with van der Waals surface area (Å²) in [4.78, 5) is 18.2. The average molecular weight is 387 g/mol. The Morgan fingerprint density at radius 2 is 1.92 bits per heavy atom. The van der Waals surface area contributed by atoms with E-state index in [1.807, 2.05) is 30.5 Å². The molecule has 1 N–H and O–H groups in total. The molecule has 0 spiro atoms. The van der Waals surface area contributed by atoms with E-state index in [0.717, 1.165) is 26.1 Å². The van der Waals surface area contributed by atoms with Crippen molar-refractivity contribution in [2.45, 2.75) is 29.6 Å². The van der Waals surface area contributed by atoms with Gasteiger partial charge in [0.25, 0.3) is 0 Å². The van der Waals surface area contributed by atoms with Crippen molar-refractivity contribution in [3.8, 4) is 0 Å². The number of hydrogen-bond acceptors (Lipinski definition) is 4. The lowest BCUT2D eigenvalue weighted by Crippen LogP contribution is -2.48. The van der Waals surface area contributed by atoms with Gasteiger partial charge in [0.1, 0.15) is 0 Å². The summed E-state index contributed by atoms with van der Waals surface area (Å²) < 4.78 is 41.6. The SMILES string of the molecule is CSc1ccc(CN(C)C(=O)CC(O)(c2nccn2C)C(F)(F)F)cc1. The highest BCUT2D eigenvalue weighted by Gasteiger charge is 2.58. The van der Waals surface area contributed by atoms with Crippen molar-refractivity contribution in [3.05, 3.63) is 48.0 Å². The van der Waals surface area contributed by atoms with E-state index in [1.54, 1.807) is 11.8 Å². The summed E-state index contributed by atoms with van der Waals surface area (Å²) >= 11 is 1.57. The van der Waals surface area contributed by atoms with Crippen LogP contribution in [-0.2, 0) is 24.0 Å². The van der Waals surface area contributed by atoms with Crippen molar-refractivity contribution in [1.29, 1.82) is 0 Å². The monoisotopic (exact) mass is 387 g/mol. The molecule has 1 heterocycles. The third kappa shape index (κ3) is 4.21. The summed E-state index contributed by atoms with van der Waals surface area (Å²) in [6.45, 7) is 0.141. The molecular weight excluding hydrogens is 367 g/mol. The predicted octanol–water partition coefficient (Wildman–Crippen LogP) is 2.94. The van der Waals surface area contributed by atoms with Gasteiger partial charge in [0.05, 0.1) is 6.42 Å². The summed E-state index contributed by atoms with van der Waals surface area (Å²) in [5.74, 6) is -1.45. The third-order valence-corrected chi connectivity index (χ3v) is 4.82. The molecule has 1 aromatic heterocycles. The number of alkyl halides is 3. The molecule has 9 heteroatoms. The maximum Gasteiger partial charge on any atom is 0.425 e. The van der Waals surface area contributed by atoms with E-state index >= 15 is 0 Å². The minimum Gasteiger partial charge on any atom is -0.374 e. The number of benzene rings is 1. The standard InChI is InChI=1S/C17H20F3N3O2S/c1-22-9-8-21-15(22)16(25,17(18,19)20)10-14(24)23(2)11-12-4-6-13(26-3)7-5-12/h4-9,25H,10-11H2,1-3H3. The number of hydrogen-bond donors (Lipinski definition) is 1. The maximum absolute atomic E-state index is 13.5. The Hall–Kier alpha value is -2.00. The largest absolute Gasteiger partial charge is 0.425 e. The van der Waals surface area contributed by atoms with E-state index in [4.69, 9.17) is 0 Å². The van der Waals surface area contributed by atoms with Gasteiger partial charge in [-0.05, 0) is 24.0 Å². The van der Waals surface area contributed by atoms with Crippen LogP contribution in [0.25, 0.3) is 0 Å². The topological polar surface area (TPSA) is 58.4 Å². The van der Waals surface area contributed by atoms with Crippen LogP contribution < -0.4 is 0 Å². The van der Waals surface area contributed by atoms with E-state index in [0.29, 0.717) is 0 Å². The minimum absolute atomic E-state index is 0.141. The molecule has 0 aliphatic rings. The molecule has 0 saturated heterocycles. The fourth-order valence-electron chi connectivity index (χ4n) is 2.52. The highest BCUT2D eigenvalue weighted by atomic mass is 32.2. The predicted molar refractivity (Wildman–Crippen MR) is 92.5 cm³/mol. The molecule has 0 saturated carbocycles. The summed E-state index contributed by atoms with van der Waals surface area (Å²) in [5, 5.41) is 10.3. The first-order chi connectivity index (χ1) is 12.1. The smallest absolute Gasteiger partial charge is 0.374 e. The number of nitrogens with zero attached hydrogens (tertiary/aromatic N) is 3. The summed E-state index contributed by atoms with van der Waals surface area (Å²) in [6, 6.07) is 7.37. The molecule has 2 aromatic rings. The highest BCUT2D eigenvalue weighted by molar-refractivity contribution is 7.98. The second-order valence-electron chi connectivity index (χ2n) is 5.99. The van der Waals surface area contributed by atoms with Crippen LogP contribution in [-0.4, -0.2) is 44.9 Å². The first kappa shape index (κ1) is 20.3. The van der Waals surface area contributed by atoms with Crippen molar-refractivity contribution in [3.63, 3.8) is 0 Å². The molecule has 26 heavy (non-hydrogen) atoms. The Kier molecular flexibility index (Phi) is 6.02. The Morgan fingerprint density at radius 3 is 2.38 bits per heavy atom. The molecular formula is C17H20F3N3O2S. The molecule has 1 atom stereocenters. The molecule has 5 nitrogen and oxygen atoms in total. The average Bonchev–Trinajstić information content (AvgIpc) is 3.00. The van der Waals surface area contributed by atoms with Crippen LogP contribution in [0.2, 0.25) is 0 Å². The zero-order valence-corrected chi connectivity index (χ0v) is 15.4. The van der Waals surface area contributed by atoms with E-state index in [1.165, 1.54) is 20.3 Å². The van der Waals surface area contributed by atoms with Crippen molar-refractivity contribution in [2.75, 3.05) is 13.3 Å². The van der Waals surface area contributed by atoms with E-state index in [-0.39, 0.29) is 6.54 Å². The van der Waals surface area contributed by atoms with Crippen LogP contribution in [0.1, 0.15) is 17.8 Å². The quantitative estimate of drug-likeness (QED) is 0.775. The molecule has 1 amide bonds. The first-order valence-corrected chi connectivity index (χ1v) is 8.95. The summed E-state index contributed by atoms with van der Waals surface area (Å²) in [5.41, 5.74) is -2.56. The van der Waals surface area contributed by atoms with Crippen molar-refractivity contribution < 1.29 is 23.1 Å². The molecule has 2 rings (SSSR count). The van der Waals surface area contributed by atoms with Gasteiger partial charge in [-0.1, -0.05) is 12.1 Å². The van der Waals surface area contributed by atoms with Gasteiger partial charge >= 0.3 is 6.18 Å². The fourth-order valence-corrected chi connectivity index (χ4v) is 2.93. The lowest BCUT2D eigenvalue weighted by molar-refractivity contribution is -0.271. The van der Waals surface area contributed by atoms with Gasteiger partial charge in [0, 0.05) is 37.9 Å². The summed E-state index contributed by atoms with van der Waals surface area (Å²) in [7, 11) is 2.74. The number of amides is 1. The number of carbonyl (C=O) groups is 1. The van der Waals surface area contributed by atoms with Crippen LogP contribution in [0.15, 0.2) is 41.6 Å². The first-order valence-electron chi connectivity index (χ1n) is 7.72. The maximum atomic E-state index is 13.5. The molecule has 0 aliphatic heterocycles. The summed E-state index contributed by atoms with van der Waals surface area (Å²) in [6.07, 6.45) is -1.81. The molecule has 0 fully saturated rings. The van der Waals surface area contributed by atoms with Crippen molar-refractivity contribution >= 4 is 17.7 Å². The zero-order chi connectivity index (χ0) is 19.5. The van der Waals surface area contributed by atoms with Crippen LogP contribution in [0.5, 0.6) is 0 Å². The number of thioether (sulfide) groups is 1. The highest BCUT2D eigenvalue weighted by Crippen LogP contribution is 2.41. The number of carbonyl (C=O) groups excluding carboxylic acids is 1. The Labute approximate surface area is 153 Å². The lowest BCUT2D eigenvalue weighted by atomic mass is 9.96. The van der Waals surface area contributed by atoms with Gasteiger partial charge in [-0.15, -0.1) is 11.8 Å². The number of halogens is 3. The van der Waals surface area contributed by atoms with Gasteiger partial charge in [-0.2, -0.15) is 13.2 Å². The molecule has 1 unspecified atom stereocenters. The van der Waals surface area contributed by atoms with Gasteiger partial charge in [-0.25, -0.2) is 4.98 Å². The van der Waals surface area contributed by atoms with Gasteiger partial charge in [0.2, 0.25) is 11.5 Å². The van der Waals surface area contributed by atoms with Crippen LogP contribution in [0.4, 0.5) is 13.2 Å². The minimum atomic E-state index is -5.04. The number of aromatic nitrogens is 2. The zero-order valence-electron chi connectivity index (χ0n) is 14.6. The molecule has 142 valence electrons. The van der Waals surface area contributed by atoms with Crippen LogP contribution in [0, 0.1) is 0 Å². The van der Waals surface area contributed by atoms with E-state index < -0.39 is 29.9 Å². The van der Waals surface area contributed by atoms with Gasteiger partial charge in [-0.3, -0.25) is 4.79 Å². The number of imidazole rings is 1. The number of aryl methyl sites for hydroxylation is 1. The lowest BCUT2D eigenvalue weighted by Gasteiger charge is -2.31.